The first-order chi connectivity index (χ1) is 11.7. The number of hydrogen-bond donors (Lipinski definition) is 1. The zero-order valence-corrected chi connectivity index (χ0v) is 12.8. The molecule has 0 aliphatic carbocycles. The number of rotatable bonds is 4. The van der Waals surface area contributed by atoms with Crippen LogP contribution in [-0.2, 0) is 0 Å². The number of benzene rings is 3. The van der Waals surface area contributed by atoms with Gasteiger partial charge < -0.3 is 9.84 Å². The number of nitriles is 1. The van der Waals surface area contributed by atoms with E-state index in [4.69, 9.17) is 10.00 Å². The molecule has 0 heterocycles. The Morgan fingerprint density at radius 3 is 2.46 bits per heavy atom. The van der Waals surface area contributed by atoms with Crippen molar-refractivity contribution in [3.63, 3.8) is 0 Å². The van der Waals surface area contributed by atoms with Crippen LogP contribution in [0.4, 0.5) is 5.69 Å². The van der Waals surface area contributed by atoms with Crippen molar-refractivity contribution in [2.45, 2.75) is 0 Å². The largest absolute Gasteiger partial charge is 0.507 e. The Labute approximate surface area is 139 Å². The number of nitrogens with zero attached hydrogens (tertiary/aromatic N) is 2. The van der Waals surface area contributed by atoms with Gasteiger partial charge in [0, 0.05) is 17.8 Å². The molecule has 4 nitrogen and oxygen atoms in total. The lowest BCUT2D eigenvalue weighted by Gasteiger charge is -2.06. The molecule has 0 radical (unpaired) electrons. The summed E-state index contributed by atoms with van der Waals surface area (Å²) in [6.45, 7) is 0. The third-order valence-electron chi connectivity index (χ3n) is 3.33. The molecule has 1 N–H and O–H groups in total. The van der Waals surface area contributed by atoms with Gasteiger partial charge in [-0.2, -0.15) is 5.26 Å². The molecular weight excluding hydrogens is 300 g/mol. The van der Waals surface area contributed by atoms with Crippen LogP contribution in [0, 0.1) is 11.3 Å². The van der Waals surface area contributed by atoms with Gasteiger partial charge in [0.2, 0.25) is 0 Å². The first kappa shape index (κ1) is 15.3. The minimum atomic E-state index is 0.186. The van der Waals surface area contributed by atoms with Crippen molar-refractivity contribution in [1.29, 1.82) is 5.26 Å². The summed E-state index contributed by atoms with van der Waals surface area (Å²) < 4.78 is 5.76. The standard InChI is InChI=1S/C20H14N2O2/c21-13-15-8-10-18(11-9-15)24-19-6-3-5-17(12-19)22-14-16-4-1-2-7-20(16)23/h1-12,14,23H. The summed E-state index contributed by atoms with van der Waals surface area (Å²) in [6.07, 6.45) is 1.61. The van der Waals surface area contributed by atoms with Gasteiger partial charge in [0.15, 0.2) is 0 Å². The van der Waals surface area contributed by atoms with Crippen molar-refractivity contribution in [2.24, 2.45) is 4.99 Å². The summed E-state index contributed by atoms with van der Waals surface area (Å²) >= 11 is 0. The van der Waals surface area contributed by atoms with Crippen LogP contribution in [-0.4, -0.2) is 11.3 Å². The first-order valence-corrected chi connectivity index (χ1v) is 7.35. The second kappa shape index (κ2) is 7.12. The van der Waals surface area contributed by atoms with E-state index in [1.54, 1.807) is 54.7 Å². The molecule has 0 spiro atoms. The van der Waals surface area contributed by atoms with E-state index in [0.29, 0.717) is 28.3 Å². The van der Waals surface area contributed by atoms with Crippen molar-refractivity contribution in [3.8, 4) is 23.3 Å². The lowest BCUT2D eigenvalue weighted by Crippen LogP contribution is -1.84. The van der Waals surface area contributed by atoms with Gasteiger partial charge in [-0.15, -0.1) is 0 Å². The Morgan fingerprint density at radius 1 is 0.917 bits per heavy atom. The predicted octanol–water partition coefficient (Wildman–Crippen LogP) is 4.81. The van der Waals surface area contributed by atoms with Crippen LogP contribution in [0.5, 0.6) is 17.2 Å². The number of phenolic OH excluding ortho intramolecular Hbond substituents is 1. The van der Waals surface area contributed by atoms with Crippen LogP contribution in [0.25, 0.3) is 0 Å². The molecule has 0 aromatic heterocycles. The molecule has 0 bridgehead atoms. The molecule has 0 amide bonds. The molecule has 116 valence electrons. The SMILES string of the molecule is N#Cc1ccc(Oc2cccc(N=Cc3ccccc3O)c2)cc1. The normalized spacial score (nSPS) is 10.5. The van der Waals surface area contributed by atoms with E-state index in [1.165, 1.54) is 0 Å². The number of phenols is 1. The van der Waals surface area contributed by atoms with E-state index in [1.807, 2.05) is 24.3 Å². The summed E-state index contributed by atoms with van der Waals surface area (Å²) in [6, 6.07) is 23.3. The van der Waals surface area contributed by atoms with Crippen molar-refractivity contribution < 1.29 is 9.84 Å². The first-order valence-electron chi connectivity index (χ1n) is 7.35. The molecular formula is C20H14N2O2. The van der Waals surface area contributed by atoms with E-state index in [2.05, 4.69) is 11.1 Å². The molecule has 0 fully saturated rings. The van der Waals surface area contributed by atoms with Crippen molar-refractivity contribution in [3.05, 3.63) is 83.9 Å². The van der Waals surface area contributed by atoms with Gasteiger partial charge in [0.1, 0.15) is 17.2 Å². The third kappa shape index (κ3) is 3.79. The lowest BCUT2D eigenvalue weighted by atomic mass is 10.2. The van der Waals surface area contributed by atoms with E-state index in [9.17, 15) is 5.11 Å². The Hall–Kier alpha value is -3.58. The summed E-state index contributed by atoms with van der Waals surface area (Å²) in [5, 5.41) is 18.5. The summed E-state index contributed by atoms with van der Waals surface area (Å²) in [5.74, 6) is 1.48. The topological polar surface area (TPSA) is 65.6 Å². The smallest absolute Gasteiger partial charge is 0.129 e. The van der Waals surface area contributed by atoms with E-state index in [0.717, 1.165) is 0 Å². The van der Waals surface area contributed by atoms with Gasteiger partial charge in [0.05, 0.1) is 17.3 Å². The fourth-order valence-electron chi connectivity index (χ4n) is 2.10. The molecule has 3 aromatic carbocycles. The highest BCUT2D eigenvalue weighted by atomic mass is 16.5. The minimum Gasteiger partial charge on any atom is -0.507 e. The van der Waals surface area contributed by atoms with Crippen molar-refractivity contribution in [2.75, 3.05) is 0 Å². The monoisotopic (exact) mass is 314 g/mol. The molecule has 24 heavy (non-hydrogen) atoms. The van der Waals surface area contributed by atoms with Gasteiger partial charge in [-0.05, 0) is 48.5 Å². The molecule has 0 atom stereocenters. The Morgan fingerprint density at radius 2 is 1.71 bits per heavy atom. The molecule has 0 saturated heterocycles. The molecule has 0 saturated carbocycles. The Kier molecular flexibility index (Phi) is 4.55. The Bertz CT molecular complexity index is 909. The van der Waals surface area contributed by atoms with Crippen molar-refractivity contribution in [1.82, 2.24) is 0 Å². The zero-order valence-electron chi connectivity index (χ0n) is 12.8. The van der Waals surface area contributed by atoms with Gasteiger partial charge in [-0.1, -0.05) is 18.2 Å². The molecule has 3 rings (SSSR count). The van der Waals surface area contributed by atoms with Gasteiger partial charge in [-0.3, -0.25) is 4.99 Å². The highest BCUT2D eigenvalue weighted by Gasteiger charge is 2.00. The van der Waals surface area contributed by atoms with Gasteiger partial charge in [0.25, 0.3) is 0 Å². The summed E-state index contributed by atoms with van der Waals surface area (Å²) in [4.78, 5) is 4.36. The van der Waals surface area contributed by atoms with E-state index >= 15 is 0 Å². The molecule has 0 aliphatic rings. The number of hydrogen-bond acceptors (Lipinski definition) is 4. The molecule has 0 aliphatic heterocycles. The van der Waals surface area contributed by atoms with E-state index < -0.39 is 0 Å². The number of ether oxygens (including phenoxy) is 1. The number of para-hydroxylation sites is 1. The predicted molar refractivity (Wildman–Crippen MR) is 93.0 cm³/mol. The average molecular weight is 314 g/mol. The highest BCUT2D eigenvalue weighted by molar-refractivity contribution is 5.85. The number of aliphatic imine (C=N–C) groups is 1. The van der Waals surface area contributed by atoms with Crippen molar-refractivity contribution >= 4 is 11.9 Å². The average Bonchev–Trinajstić information content (AvgIpc) is 2.62. The maximum Gasteiger partial charge on any atom is 0.129 e. The number of aromatic hydroxyl groups is 1. The second-order valence-electron chi connectivity index (χ2n) is 5.05. The maximum absolute atomic E-state index is 9.74. The Balaban J connectivity index is 1.76. The van der Waals surface area contributed by atoms with Crippen LogP contribution in [0.15, 0.2) is 77.8 Å². The summed E-state index contributed by atoms with van der Waals surface area (Å²) in [5.41, 5.74) is 1.95. The van der Waals surface area contributed by atoms with Gasteiger partial charge >= 0.3 is 0 Å². The maximum atomic E-state index is 9.74. The lowest BCUT2D eigenvalue weighted by molar-refractivity contribution is 0.474. The fourth-order valence-corrected chi connectivity index (χ4v) is 2.10. The van der Waals surface area contributed by atoms with Crippen LogP contribution in [0.3, 0.4) is 0 Å². The minimum absolute atomic E-state index is 0.186. The van der Waals surface area contributed by atoms with Crippen LogP contribution < -0.4 is 4.74 Å². The molecule has 3 aromatic rings. The highest BCUT2D eigenvalue weighted by Crippen LogP contribution is 2.26. The second-order valence-corrected chi connectivity index (χ2v) is 5.05. The van der Waals surface area contributed by atoms with Crippen LogP contribution >= 0.6 is 0 Å². The fraction of sp³-hybridized carbons (Fsp3) is 0. The molecule has 0 unspecified atom stereocenters. The summed E-state index contributed by atoms with van der Waals surface area (Å²) in [7, 11) is 0. The van der Waals surface area contributed by atoms with E-state index in [-0.39, 0.29) is 5.75 Å². The molecule has 4 heteroatoms. The zero-order chi connectivity index (χ0) is 16.8. The van der Waals surface area contributed by atoms with Gasteiger partial charge in [-0.25, -0.2) is 0 Å². The van der Waals surface area contributed by atoms with Crippen LogP contribution in [0.2, 0.25) is 0 Å². The van der Waals surface area contributed by atoms with Crippen LogP contribution in [0.1, 0.15) is 11.1 Å². The quantitative estimate of drug-likeness (QED) is 0.703. The third-order valence-corrected chi connectivity index (χ3v) is 3.33.